The Morgan fingerprint density at radius 2 is 2.04 bits per heavy atom. The van der Waals surface area contributed by atoms with E-state index >= 15 is 0 Å². The molecule has 23 heavy (non-hydrogen) atoms. The first kappa shape index (κ1) is 15.3. The van der Waals surface area contributed by atoms with Gasteiger partial charge in [-0.05, 0) is 31.4 Å². The Morgan fingerprint density at radius 1 is 1.30 bits per heavy atom. The Bertz CT molecular complexity index is 737. The van der Waals surface area contributed by atoms with Gasteiger partial charge in [-0.3, -0.25) is 9.59 Å². The Hall–Kier alpha value is -2.63. The fraction of sp³-hybridized carbons (Fsp3) is 0.353. The fourth-order valence-electron chi connectivity index (χ4n) is 2.82. The molecule has 0 bridgehead atoms. The summed E-state index contributed by atoms with van der Waals surface area (Å²) >= 11 is 0. The van der Waals surface area contributed by atoms with Crippen molar-refractivity contribution in [2.75, 3.05) is 6.54 Å². The summed E-state index contributed by atoms with van der Waals surface area (Å²) in [5.74, 6) is -1.85. The summed E-state index contributed by atoms with van der Waals surface area (Å²) in [5.41, 5.74) is 3.41. The molecule has 6 heteroatoms. The lowest BCUT2D eigenvalue weighted by atomic mass is 10.1. The molecule has 2 N–H and O–H groups in total. The Morgan fingerprint density at radius 3 is 2.74 bits per heavy atom. The minimum Gasteiger partial charge on any atom is -0.481 e. The van der Waals surface area contributed by atoms with Crippen LogP contribution in [0.4, 0.5) is 0 Å². The molecule has 1 aliphatic rings. The Balaban J connectivity index is 1.86. The SMILES string of the molecule is C[C@H](CNC(=O)c1nn(-c2ccccc2)c2c1CCC2)C(=O)O. The number of nitrogens with zero attached hydrogens (tertiary/aromatic N) is 2. The summed E-state index contributed by atoms with van der Waals surface area (Å²) in [4.78, 5) is 23.2. The average molecular weight is 313 g/mol. The van der Waals surface area contributed by atoms with Gasteiger partial charge < -0.3 is 10.4 Å². The van der Waals surface area contributed by atoms with Gasteiger partial charge >= 0.3 is 5.97 Å². The van der Waals surface area contributed by atoms with E-state index in [9.17, 15) is 9.59 Å². The van der Waals surface area contributed by atoms with E-state index in [0.717, 1.165) is 36.2 Å². The van der Waals surface area contributed by atoms with Crippen LogP contribution in [0, 0.1) is 5.92 Å². The Kier molecular flexibility index (Phi) is 4.14. The van der Waals surface area contributed by atoms with Gasteiger partial charge in [0.15, 0.2) is 5.69 Å². The summed E-state index contributed by atoms with van der Waals surface area (Å²) < 4.78 is 1.83. The molecule has 0 aliphatic heterocycles. The maximum absolute atomic E-state index is 12.4. The molecule has 0 radical (unpaired) electrons. The van der Waals surface area contributed by atoms with Crippen LogP contribution >= 0.6 is 0 Å². The minimum absolute atomic E-state index is 0.0984. The van der Waals surface area contributed by atoms with Crippen LogP contribution in [-0.2, 0) is 17.6 Å². The van der Waals surface area contributed by atoms with Crippen LogP contribution in [0.5, 0.6) is 0 Å². The highest BCUT2D eigenvalue weighted by atomic mass is 16.4. The van der Waals surface area contributed by atoms with Crippen LogP contribution in [0.25, 0.3) is 5.69 Å². The second-order valence-electron chi connectivity index (χ2n) is 5.82. The molecule has 0 unspecified atom stereocenters. The predicted octanol–water partition coefficient (Wildman–Crippen LogP) is 1.81. The van der Waals surface area contributed by atoms with Gasteiger partial charge in [0.2, 0.25) is 0 Å². The van der Waals surface area contributed by atoms with Crippen molar-refractivity contribution < 1.29 is 14.7 Å². The van der Waals surface area contributed by atoms with E-state index in [2.05, 4.69) is 10.4 Å². The maximum Gasteiger partial charge on any atom is 0.308 e. The number of hydrogen-bond donors (Lipinski definition) is 2. The second kappa shape index (κ2) is 6.24. The number of carboxylic acids is 1. The zero-order chi connectivity index (χ0) is 16.4. The third-order valence-electron chi connectivity index (χ3n) is 4.14. The minimum atomic E-state index is -0.926. The highest BCUT2D eigenvalue weighted by molar-refractivity contribution is 5.94. The largest absolute Gasteiger partial charge is 0.481 e. The van der Waals surface area contributed by atoms with Crippen LogP contribution in [0.2, 0.25) is 0 Å². The summed E-state index contributed by atoms with van der Waals surface area (Å²) in [6, 6.07) is 9.73. The van der Waals surface area contributed by atoms with Gasteiger partial charge in [0, 0.05) is 17.8 Å². The molecule has 1 aromatic heterocycles. The molecular formula is C17H19N3O3. The van der Waals surface area contributed by atoms with E-state index in [4.69, 9.17) is 5.11 Å². The summed E-state index contributed by atoms with van der Waals surface area (Å²) in [5, 5.41) is 16.1. The van der Waals surface area contributed by atoms with E-state index in [-0.39, 0.29) is 12.5 Å². The number of rotatable bonds is 5. The lowest BCUT2D eigenvalue weighted by Gasteiger charge is -2.07. The molecule has 0 spiro atoms. The van der Waals surface area contributed by atoms with E-state index in [0.29, 0.717) is 5.69 Å². The first-order chi connectivity index (χ1) is 11.1. The zero-order valence-electron chi connectivity index (χ0n) is 13.0. The number of benzene rings is 1. The van der Waals surface area contributed by atoms with E-state index in [1.165, 1.54) is 0 Å². The number of carboxylic acid groups (broad SMARTS) is 1. The third-order valence-corrected chi connectivity index (χ3v) is 4.14. The van der Waals surface area contributed by atoms with Gasteiger partial charge in [0.05, 0.1) is 11.6 Å². The number of carbonyl (C=O) groups excluding carboxylic acids is 1. The topological polar surface area (TPSA) is 84.2 Å². The number of carbonyl (C=O) groups is 2. The van der Waals surface area contributed by atoms with Crippen molar-refractivity contribution in [3.8, 4) is 5.69 Å². The van der Waals surface area contributed by atoms with Crippen LogP contribution < -0.4 is 5.32 Å². The van der Waals surface area contributed by atoms with Crippen molar-refractivity contribution in [2.45, 2.75) is 26.2 Å². The predicted molar refractivity (Wildman–Crippen MR) is 84.7 cm³/mol. The molecule has 0 saturated carbocycles. The van der Waals surface area contributed by atoms with Crippen LogP contribution in [0.3, 0.4) is 0 Å². The monoisotopic (exact) mass is 313 g/mol. The van der Waals surface area contributed by atoms with Gasteiger partial charge in [-0.25, -0.2) is 4.68 Å². The molecule has 0 saturated heterocycles. The molecule has 120 valence electrons. The van der Waals surface area contributed by atoms with Crippen molar-refractivity contribution in [2.24, 2.45) is 5.92 Å². The lowest BCUT2D eigenvalue weighted by molar-refractivity contribution is -0.140. The number of fused-ring (bicyclic) bond motifs is 1. The molecule has 6 nitrogen and oxygen atoms in total. The van der Waals surface area contributed by atoms with Crippen molar-refractivity contribution in [1.82, 2.24) is 15.1 Å². The molecule has 1 heterocycles. The molecule has 2 aromatic rings. The number of aliphatic carboxylic acids is 1. The van der Waals surface area contributed by atoms with Gasteiger partial charge in [-0.1, -0.05) is 25.1 Å². The summed E-state index contributed by atoms with van der Waals surface area (Å²) in [6.07, 6.45) is 2.74. The molecule has 1 amide bonds. The highest BCUT2D eigenvalue weighted by Gasteiger charge is 2.27. The highest BCUT2D eigenvalue weighted by Crippen LogP contribution is 2.27. The van der Waals surface area contributed by atoms with Crippen molar-refractivity contribution in [3.63, 3.8) is 0 Å². The lowest BCUT2D eigenvalue weighted by Crippen LogP contribution is -2.32. The van der Waals surface area contributed by atoms with E-state index < -0.39 is 11.9 Å². The van der Waals surface area contributed by atoms with Gasteiger partial charge in [-0.15, -0.1) is 0 Å². The number of hydrogen-bond acceptors (Lipinski definition) is 3. The van der Waals surface area contributed by atoms with E-state index in [1.807, 2.05) is 35.0 Å². The van der Waals surface area contributed by atoms with Gasteiger partial charge in [0.25, 0.3) is 5.91 Å². The molecule has 1 aromatic carbocycles. The smallest absolute Gasteiger partial charge is 0.308 e. The number of nitrogens with one attached hydrogen (secondary N) is 1. The number of para-hydroxylation sites is 1. The maximum atomic E-state index is 12.4. The summed E-state index contributed by atoms with van der Waals surface area (Å²) in [7, 11) is 0. The van der Waals surface area contributed by atoms with Gasteiger partial charge in [-0.2, -0.15) is 5.10 Å². The molecule has 3 rings (SSSR count). The van der Waals surface area contributed by atoms with E-state index in [1.54, 1.807) is 6.92 Å². The first-order valence-electron chi connectivity index (χ1n) is 7.75. The van der Waals surface area contributed by atoms with Crippen LogP contribution in [0.15, 0.2) is 30.3 Å². The zero-order valence-corrected chi connectivity index (χ0v) is 13.0. The average Bonchev–Trinajstić information content (AvgIpc) is 3.15. The first-order valence-corrected chi connectivity index (χ1v) is 7.75. The van der Waals surface area contributed by atoms with Gasteiger partial charge in [0.1, 0.15) is 0 Å². The normalized spacial score (nSPS) is 14.3. The van der Waals surface area contributed by atoms with Crippen molar-refractivity contribution >= 4 is 11.9 Å². The Labute approximate surface area is 134 Å². The number of aromatic nitrogens is 2. The second-order valence-corrected chi connectivity index (χ2v) is 5.82. The van der Waals surface area contributed by atoms with Crippen LogP contribution in [-0.4, -0.2) is 33.3 Å². The fourth-order valence-corrected chi connectivity index (χ4v) is 2.82. The number of amides is 1. The molecule has 1 atom stereocenters. The molecule has 0 fully saturated rings. The third kappa shape index (κ3) is 2.97. The molecular weight excluding hydrogens is 294 g/mol. The quantitative estimate of drug-likeness (QED) is 0.882. The van der Waals surface area contributed by atoms with Crippen LogP contribution in [0.1, 0.15) is 35.1 Å². The summed E-state index contributed by atoms with van der Waals surface area (Å²) in [6.45, 7) is 1.66. The standard InChI is InChI=1S/C17H19N3O3/c1-11(17(22)23)10-18-16(21)15-13-8-5-9-14(13)20(19-15)12-6-3-2-4-7-12/h2-4,6-7,11H,5,8-10H2,1H3,(H,18,21)(H,22,23)/t11-/m1/s1. The van der Waals surface area contributed by atoms with Crippen molar-refractivity contribution in [3.05, 3.63) is 47.3 Å². The molecule has 1 aliphatic carbocycles. The van der Waals surface area contributed by atoms with Crippen molar-refractivity contribution in [1.29, 1.82) is 0 Å².